The fourth-order valence-electron chi connectivity index (χ4n) is 4.12. The van der Waals surface area contributed by atoms with Gasteiger partial charge in [0.05, 0.1) is 22.6 Å². The Bertz CT molecular complexity index is 1160. The molecule has 3 rings (SSSR count). The van der Waals surface area contributed by atoms with Gasteiger partial charge < -0.3 is 4.90 Å². The number of carbonyl (C=O) groups excluding carboxylic acids is 1. The molecule has 0 N–H and O–H groups in total. The van der Waals surface area contributed by atoms with Gasteiger partial charge in [-0.3, -0.25) is 14.2 Å². The molecule has 0 aliphatic carbocycles. The van der Waals surface area contributed by atoms with Gasteiger partial charge in [-0.05, 0) is 55.0 Å². The molecule has 5 nitrogen and oxygen atoms in total. The van der Waals surface area contributed by atoms with Gasteiger partial charge >= 0.3 is 0 Å². The first-order valence-electron chi connectivity index (χ1n) is 12.1. The van der Waals surface area contributed by atoms with Crippen molar-refractivity contribution in [3.63, 3.8) is 0 Å². The molecule has 176 valence electrons. The van der Waals surface area contributed by atoms with Crippen LogP contribution in [0.25, 0.3) is 16.6 Å². The van der Waals surface area contributed by atoms with Crippen LogP contribution in [0.1, 0.15) is 78.2 Å². The maximum atomic E-state index is 13.7. The number of unbranched alkanes of at least 4 members (excludes halogenated alkanes) is 1. The average Bonchev–Trinajstić information content (AvgIpc) is 2.78. The van der Waals surface area contributed by atoms with Gasteiger partial charge in [-0.15, -0.1) is 0 Å². The minimum atomic E-state index is -0.338. The Morgan fingerprint density at radius 1 is 1.06 bits per heavy atom. The lowest BCUT2D eigenvalue weighted by atomic mass is 9.91. The summed E-state index contributed by atoms with van der Waals surface area (Å²) >= 11 is 0. The summed E-state index contributed by atoms with van der Waals surface area (Å²) in [5, 5.41) is 0.578. The second-order valence-corrected chi connectivity index (χ2v) is 10.0. The lowest BCUT2D eigenvalue weighted by Gasteiger charge is -2.32. The molecule has 1 atom stereocenters. The number of hydrogen-bond donors (Lipinski definition) is 0. The molecule has 33 heavy (non-hydrogen) atoms. The Kier molecular flexibility index (Phi) is 7.72. The summed E-state index contributed by atoms with van der Waals surface area (Å²) in [5.74, 6) is 0.694. The number of rotatable bonds is 8. The van der Waals surface area contributed by atoms with Crippen molar-refractivity contribution in [2.24, 2.45) is 5.41 Å². The molecular formula is C28H37N3O2. The fraction of sp³-hybridized carbons (Fsp3) is 0.464. The van der Waals surface area contributed by atoms with E-state index < -0.39 is 0 Å². The smallest absolute Gasteiger partial charge is 0.266 e. The van der Waals surface area contributed by atoms with Gasteiger partial charge in [0.25, 0.3) is 5.56 Å². The molecule has 0 spiro atoms. The van der Waals surface area contributed by atoms with Gasteiger partial charge in [0, 0.05) is 13.0 Å². The summed E-state index contributed by atoms with van der Waals surface area (Å²) in [7, 11) is 0. The normalized spacial score (nSPS) is 12.7. The lowest BCUT2D eigenvalue weighted by Crippen LogP contribution is -2.39. The van der Waals surface area contributed by atoms with Gasteiger partial charge in [-0.25, -0.2) is 4.98 Å². The predicted octanol–water partition coefficient (Wildman–Crippen LogP) is 6.07. The average molecular weight is 448 g/mol. The molecule has 0 aliphatic heterocycles. The molecule has 1 unspecified atom stereocenters. The highest BCUT2D eigenvalue weighted by molar-refractivity contribution is 5.79. The van der Waals surface area contributed by atoms with E-state index >= 15 is 0 Å². The zero-order valence-electron chi connectivity index (χ0n) is 20.9. The molecule has 0 radical (unpaired) electrons. The predicted molar refractivity (Wildman–Crippen MR) is 136 cm³/mol. The van der Waals surface area contributed by atoms with E-state index in [1.54, 1.807) is 4.57 Å². The zero-order valence-corrected chi connectivity index (χ0v) is 20.9. The van der Waals surface area contributed by atoms with Crippen LogP contribution in [0.5, 0.6) is 0 Å². The van der Waals surface area contributed by atoms with Crippen LogP contribution >= 0.6 is 0 Å². The quantitative estimate of drug-likeness (QED) is 0.421. The Balaban J connectivity index is 2.19. The lowest BCUT2D eigenvalue weighted by molar-refractivity contribution is -0.135. The zero-order chi connectivity index (χ0) is 24.2. The van der Waals surface area contributed by atoms with Crippen LogP contribution in [-0.2, 0) is 11.2 Å². The van der Waals surface area contributed by atoms with E-state index in [0.29, 0.717) is 29.7 Å². The SMILES string of the molecule is CCCCN(C(=O)CC(C)(C)C)C(C)c1nc2ccccc2c(=O)n1-c1ccc(CC)cc1. The largest absolute Gasteiger partial charge is 0.333 e. The highest BCUT2D eigenvalue weighted by Gasteiger charge is 2.29. The summed E-state index contributed by atoms with van der Waals surface area (Å²) in [4.78, 5) is 33.9. The molecular weight excluding hydrogens is 410 g/mol. The topological polar surface area (TPSA) is 55.2 Å². The number of hydrogen-bond acceptors (Lipinski definition) is 3. The fourth-order valence-corrected chi connectivity index (χ4v) is 4.12. The Morgan fingerprint density at radius 3 is 2.33 bits per heavy atom. The van der Waals surface area contributed by atoms with Crippen molar-refractivity contribution in [2.45, 2.75) is 73.3 Å². The molecule has 0 bridgehead atoms. The molecule has 3 aromatic rings. The van der Waals surface area contributed by atoms with Crippen LogP contribution in [0.2, 0.25) is 0 Å². The number of para-hydroxylation sites is 1. The van der Waals surface area contributed by atoms with Crippen molar-refractivity contribution in [1.29, 1.82) is 0 Å². The molecule has 0 fully saturated rings. The van der Waals surface area contributed by atoms with E-state index in [2.05, 4.69) is 34.6 Å². The first kappa shape index (κ1) is 24.7. The van der Waals surface area contributed by atoms with Crippen LogP contribution < -0.4 is 5.56 Å². The molecule has 1 amide bonds. The van der Waals surface area contributed by atoms with E-state index in [-0.39, 0.29) is 22.9 Å². The van der Waals surface area contributed by atoms with Crippen molar-refractivity contribution in [2.75, 3.05) is 6.54 Å². The Morgan fingerprint density at radius 2 is 1.73 bits per heavy atom. The highest BCUT2D eigenvalue weighted by Crippen LogP contribution is 2.27. The maximum Gasteiger partial charge on any atom is 0.266 e. The van der Waals surface area contributed by atoms with Gasteiger partial charge in [0.2, 0.25) is 5.91 Å². The van der Waals surface area contributed by atoms with Crippen molar-refractivity contribution in [3.05, 3.63) is 70.3 Å². The van der Waals surface area contributed by atoms with Crippen LogP contribution in [-0.4, -0.2) is 26.9 Å². The number of fused-ring (bicyclic) bond motifs is 1. The van der Waals surface area contributed by atoms with E-state index in [9.17, 15) is 9.59 Å². The Labute approximate surface area is 197 Å². The molecule has 5 heteroatoms. The third-order valence-electron chi connectivity index (χ3n) is 6.00. The maximum absolute atomic E-state index is 13.7. The van der Waals surface area contributed by atoms with E-state index in [1.807, 2.05) is 60.4 Å². The Hall–Kier alpha value is -2.95. The van der Waals surface area contributed by atoms with Gasteiger partial charge in [-0.2, -0.15) is 0 Å². The molecule has 0 saturated carbocycles. The van der Waals surface area contributed by atoms with Crippen molar-refractivity contribution in [1.82, 2.24) is 14.5 Å². The van der Waals surface area contributed by atoms with Gasteiger partial charge in [0.15, 0.2) is 0 Å². The van der Waals surface area contributed by atoms with Crippen LogP contribution in [0, 0.1) is 5.41 Å². The molecule has 1 heterocycles. The first-order chi connectivity index (χ1) is 15.7. The van der Waals surface area contributed by atoms with E-state index in [0.717, 1.165) is 24.9 Å². The van der Waals surface area contributed by atoms with Gasteiger partial charge in [-0.1, -0.05) is 65.3 Å². The van der Waals surface area contributed by atoms with E-state index in [1.165, 1.54) is 5.56 Å². The number of aryl methyl sites for hydroxylation is 1. The standard InChI is InChI=1S/C28H37N3O2/c1-7-9-18-30(25(32)19-28(4,5)6)20(3)26-29-24-13-11-10-12-23(24)27(33)31(26)22-16-14-21(8-2)15-17-22/h10-17,20H,7-9,18-19H2,1-6H3. The minimum absolute atomic E-state index is 0.0961. The van der Waals surface area contributed by atoms with Gasteiger partial charge in [0.1, 0.15) is 5.82 Å². The number of carbonyl (C=O) groups is 1. The number of amides is 1. The second kappa shape index (κ2) is 10.3. The van der Waals surface area contributed by atoms with Crippen LogP contribution in [0.4, 0.5) is 0 Å². The summed E-state index contributed by atoms with van der Waals surface area (Å²) in [6.45, 7) is 13.1. The molecule has 1 aromatic heterocycles. The van der Waals surface area contributed by atoms with Crippen molar-refractivity contribution < 1.29 is 4.79 Å². The summed E-state index contributed by atoms with van der Waals surface area (Å²) in [6.07, 6.45) is 3.27. The third-order valence-corrected chi connectivity index (χ3v) is 6.00. The summed E-state index contributed by atoms with van der Waals surface area (Å²) in [6, 6.07) is 15.1. The van der Waals surface area contributed by atoms with Crippen LogP contribution in [0.15, 0.2) is 53.3 Å². The number of nitrogens with zero attached hydrogens (tertiary/aromatic N) is 3. The number of benzene rings is 2. The monoisotopic (exact) mass is 447 g/mol. The highest BCUT2D eigenvalue weighted by atomic mass is 16.2. The minimum Gasteiger partial charge on any atom is -0.333 e. The van der Waals surface area contributed by atoms with Crippen molar-refractivity contribution >= 4 is 16.8 Å². The number of aromatic nitrogens is 2. The van der Waals surface area contributed by atoms with Crippen LogP contribution in [0.3, 0.4) is 0 Å². The summed E-state index contributed by atoms with van der Waals surface area (Å²) < 4.78 is 1.69. The van der Waals surface area contributed by atoms with E-state index in [4.69, 9.17) is 4.98 Å². The van der Waals surface area contributed by atoms with Crippen molar-refractivity contribution in [3.8, 4) is 5.69 Å². The second-order valence-electron chi connectivity index (χ2n) is 10.0. The molecule has 0 saturated heterocycles. The first-order valence-corrected chi connectivity index (χ1v) is 12.1. The summed E-state index contributed by atoms with van der Waals surface area (Å²) in [5.41, 5.74) is 2.42. The molecule has 0 aliphatic rings. The molecule has 2 aromatic carbocycles. The third kappa shape index (κ3) is 5.70.